The molecule has 0 saturated carbocycles. The summed E-state index contributed by atoms with van der Waals surface area (Å²) in [5.74, 6) is 1.94. The van der Waals surface area contributed by atoms with Gasteiger partial charge >= 0.3 is 0 Å². The van der Waals surface area contributed by atoms with Crippen molar-refractivity contribution in [1.82, 2.24) is 19.4 Å². The van der Waals surface area contributed by atoms with Crippen LogP contribution in [0, 0.1) is 0 Å². The summed E-state index contributed by atoms with van der Waals surface area (Å²) in [6.45, 7) is 2.25. The van der Waals surface area contributed by atoms with Crippen molar-refractivity contribution in [3.05, 3.63) is 77.5 Å². The molecule has 1 saturated heterocycles. The molecule has 0 bridgehead atoms. The summed E-state index contributed by atoms with van der Waals surface area (Å²) in [6.07, 6.45) is 6.69. The summed E-state index contributed by atoms with van der Waals surface area (Å²) < 4.78 is 2.14. The van der Waals surface area contributed by atoms with E-state index in [1.165, 1.54) is 5.69 Å². The van der Waals surface area contributed by atoms with E-state index in [0.717, 1.165) is 28.9 Å². The average molecular weight is 410 g/mol. The Bertz CT molecular complexity index is 1000. The number of halogens is 1. The Balaban J connectivity index is 1.62. The first-order valence-electron chi connectivity index (χ1n) is 9.45. The van der Waals surface area contributed by atoms with Crippen LogP contribution in [0.2, 0.25) is 5.02 Å². The van der Waals surface area contributed by atoms with Gasteiger partial charge < -0.3 is 9.47 Å². The van der Waals surface area contributed by atoms with Gasteiger partial charge in [-0.1, -0.05) is 36.4 Å². The van der Waals surface area contributed by atoms with Gasteiger partial charge in [0.15, 0.2) is 5.17 Å². The molecule has 0 N–H and O–H groups in total. The standard InChI is InChI=1S/C21H20ClN5S/c1-2-15-13-28-21-25-19(16-6-3-4-10-23-16)20(27(15)21)17-7-5-11-26(17)18-9-8-14(22)12-24-18/h3-12,15,19-20H,2,13H2,1H3/t15-,19-,20+/m1/s1. The van der Waals surface area contributed by atoms with Gasteiger partial charge in [-0.15, -0.1) is 0 Å². The largest absolute Gasteiger partial charge is 0.337 e. The molecule has 0 amide bonds. The number of fused-ring (bicyclic) bond motifs is 1. The molecule has 142 valence electrons. The molecule has 2 aliphatic rings. The van der Waals surface area contributed by atoms with Gasteiger partial charge in [-0.2, -0.15) is 0 Å². The molecule has 3 atom stereocenters. The van der Waals surface area contributed by atoms with Crippen molar-refractivity contribution in [3.63, 3.8) is 0 Å². The summed E-state index contributed by atoms with van der Waals surface area (Å²) >= 11 is 7.90. The third kappa shape index (κ3) is 2.91. The van der Waals surface area contributed by atoms with E-state index in [1.54, 1.807) is 6.20 Å². The monoisotopic (exact) mass is 409 g/mol. The normalized spacial score (nSPS) is 23.7. The minimum absolute atomic E-state index is 0.0287. The second-order valence-corrected chi connectivity index (χ2v) is 8.40. The Kier molecular flexibility index (Phi) is 4.61. The summed E-state index contributed by atoms with van der Waals surface area (Å²) in [5, 5.41) is 1.77. The number of hydrogen-bond donors (Lipinski definition) is 0. The van der Waals surface area contributed by atoms with E-state index in [0.29, 0.717) is 11.1 Å². The molecule has 28 heavy (non-hydrogen) atoms. The lowest BCUT2D eigenvalue weighted by molar-refractivity contribution is 0.248. The summed E-state index contributed by atoms with van der Waals surface area (Å²) in [6, 6.07) is 14.7. The molecule has 5 nitrogen and oxygen atoms in total. The molecule has 0 unspecified atom stereocenters. The van der Waals surface area contributed by atoms with E-state index in [-0.39, 0.29) is 12.1 Å². The fourth-order valence-electron chi connectivity index (χ4n) is 4.03. The van der Waals surface area contributed by atoms with Crippen LogP contribution in [0.4, 0.5) is 0 Å². The number of hydrogen-bond acceptors (Lipinski definition) is 5. The fourth-order valence-corrected chi connectivity index (χ4v) is 5.47. The predicted molar refractivity (Wildman–Crippen MR) is 114 cm³/mol. The van der Waals surface area contributed by atoms with Crippen LogP contribution in [0.1, 0.15) is 36.8 Å². The molecule has 2 aliphatic heterocycles. The molecule has 1 fully saturated rings. The number of rotatable bonds is 4. The van der Waals surface area contributed by atoms with Gasteiger partial charge in [0.2, 0.25) is 0 Å². The maximum atomic E-state index is 6.04. The van der Waals surface area contributed by atoms with Crippen molar-refractivity contribution in [2.45, 2.75) is 31.5 Å². The maximum absolute atomic E-state index is 6.04. The highest BCUT2D eigenvalue weighted by Gasteiger charge is 2.46. The van der Waals surface area contributed by atoms with Gasteiger partial charge in [0.1, 0.15) is 17.9 Å². The first-order valence-corrected chi connectivity index (χ1v) is 10.8. The highest BCUT2D eigenvalue weighted by Crippen LogP contribution is 2.48. The summed E-state index contributed by atoms with van der Waals surface area (Å²) in [7, 11) is 0. The SMILES string of the molecule is CC[C@@H]1CSC2=N[C@H](c3ccccn3)[C@H](c3cccn3-c3ccc(Cl)cn3)N21. The Morgan fingerprint density at radius 3 is 2.82 bits per heavy atom. The van der Waals surface area contributed by atoms with Gasteiger partial charge in [-0.25, -0.2) is 4.98 Å². The number of aliphatic imine (C=N–C) groups is 1. The highest BCUT2D eigenvalue weighted by atomic mass is 35.5. The van der Waals surface area contributed by atoms with Crippen LogP contribution in [0.5, 0.6) is 0 Å². The molecule has 5 heterocycles. The lowest BCUT2D eigenvalue weighted by Crippen LogP contribution is -2.36. The van der Waals surface area contributed by atoms with Crippen molar-refractivity contribution in [3.8, 4) is 5.82 Å². The number of amidine groups is 1. The van der Waals surface area contributed by atoms with Crippen LogP contribution < -0.4 is 0 Å². The van der Waals surface area contributed by atoms with Crippen molar-refractivity contribution in [1.29, 1.82) is 0 Å². The predicted octanol–water partition coefficient (Wildman–Crippen LogP) is 4.90. The van der Waals surface area contributed by atoms with Crippen LogP contribution in [-0.2, 0) is 0 Å². The fraction of sp³-hybridized carbons (Fsp3) is 0.286. The molecule has 0 aliphatic carbocycles. The zero-order valence-electron chi connectivity index (χ0n) is 15.4. The van der Waals surface area contributed by atoms with Crippen molar-refractivity contribution < 1.29 is 0 Å². The van der Waals surface area contributed by atoms with Crippen LogP contribution >= 0.6 is 23.4 Å². The second kappa shape index (κ2) is 7.26. The number of thioether (sulfide) groups is 1. The lowest BCUT2D eigenvalue weighted by atomic mass is 9.99. The minimum Gasteiger partial charge on any atom is -0.337 e. The number of pyridine rings is 2. The highest BCUT2D eigenvalue weighted by molar-refractivity contribution is 8.14. The average Bonchev–Trinajstić information content (AvgIpc) is 3.44. The molecule has 0 spiro atoms. The van der Waals surface area contributed by atoms with Crippen LogP contribution in [0.15, 0.2) is 66.0 Å². The van der Waals surface area contributed by atoms with Crippen LogP contribution in [0.3, 0.4) is 0 Å². The van der Waals surface area contributed by atoms with E-state index in [2.05, 4.69) is 50.8 Å². The molecule has 0 radical (unpaired) electrons. The Morgan fingerprint density at radius 1 is 1.14 bits per heavy atom. The van der Waals surface area contributed by atoms with E-state index in [4.69, 9.17) is 16.6 Å². The van der Waals surface area contributed by atoms with Crippen LogP contribution in [0.25, 0.3) is 5.82 Å². The second-order valence-electron chi connectivity index (χ2n) is 6.97. The van der Waals surface area contributed by atoms with E-state index in [1.807, 2.05) is 42.2 Å². The van der Waals surface area contributed by atoms with Crippen molar-refractivity contribution in [2.24, 2.45) is 4.99 Å². The van der Waals surface area contributed by atoms with E-state index >= 15 is 0 Å². The van der Waals surface area contributed by atoms with Gasteiger partial charge in [0, 0.05) is 36.1 Å². The summed E-state index contributed by atoms with van der Waals surface area (Å²) in [4.78, 5) is 16.7. The molecule has 3 aromatic rings. The maximum Gasteiger partial charge on any atom is 0.160 e. The van der Waals surface area contributed by atoms with Crippen LogP contribution in [-0.4, -0.2) is 36.4 Å². The molecular weight excluding hydrogens is 390 g/mol. The Labute approximate surface area is 173 Å². The zero-order valence-corrected chi connectivity index (χ0v) is 17.0. The molecule has 7 heteroatoms. The van der Waals surface area contributed by atoms with E-state index < -0.39 is 0 Å². The van der Waals surface area contributed by atoms with Gasteiger partial charge in [-0.3, -0.25) is 9.98 Å². The summed E-state index contributed by atoms with van der Waals surface area (Å²) in [5.41, 5.74) is 2.17. The Morgan fingerprint density at radius 2 is 2.07 bits per heavy atom. The molecule has 0 aromatic carbocycles. The molecule has 5 rings (SSSR count). The molecular formula is C21H20ClN5S. The number of aromatic nitrogens is 3. The quantitative estimate of drug-likeness (QED) is 0.614. The topological polar surface area (TPSA) is 46.3 Å². The van der Waals surface area contributed by atoms with E-state index in [9.17, 15) is 0 Å². The Hall–Kier alpha value is -2.31. The zero-order chi connectivity index (χ0) is 19.1. The number of nitrogens with zero attached hydrogens (tertiary/aromatic N) is 5. The smallest absolute Gasteiger partial charge is 0.160 e. The first kappa shape index (κ1) is 17.8. The van der Waals surface area contributed by atoms with Crippen molar-refractivity contribution >= 4 is 28.5 Å². The first-order chi connectivity index (χ1) is 13.8. The lowest BCUT2D eigenvalue weighted by Gasteiger charge is -2.32. The third-order valence-corrected chi connectivity index (χ3v) is 6.72. The van der Waals surface area contributed by atoms with Gasteiger partial charge in [0.05, 0.1) is 10.7 Å². The third-order valence-electron chi connectivity index (χ3n) is 5.37. The molecule has 3 aromatic heterocycles. The van der Waals surface area contributed by atoms with Crippen molar-refractivity contribution in [2.75, 3.05) is 5.75 Å². The van der Waals surface area contributed by atoms with Gasteiger partial charge in [-0.05, 0) is 42.8 Å². The van der Waals surface area contributed by atoms with Gasteiger partial charge in [0.25, 0.3) is 0 Å². The minimum atomic E-state index is -0.0287.